The molecular weight excluding hydrogens is 361 g/mol. The van der Waals surface area contributed by atoms with Crippen LogP contribution in [0, 0.1) is 23.4 Å². The van der Waals surface area contributed by atoms with E-state index in [0.717, 1.165) is 51.2 Å². The number of rotatable bonds is 6. The summed E-state index contributed by atoms with van der Waals surface area (Å²) in [6.45, 7) is 2.17. The summed E-state index contributed by atoms with van der Waals surface area (Å²) in [6.07, 6.45) is 3.08. The lowest BCUT2D eigenvalue weighted by atomic mass is 9.96. The van der Waals surface area contributed by atoms with E-state index in [1.807, 2.05) is 11.9 Å². The predicted octanol–water partition coefficient (Wildman–Crippen LogP) is 2.37. The summed E-state index contributed by atoms with van der Waals surface area (Å²) in [5, 5.41) is 5.08. The van der Waals surface area contributed by atoms with Gasteiger partial charge in [0.05, 0.1) is 12.2 Å². The monoisotopic (exact) mass is 386 g/mol. The van der Waals surface area contributed by atoms with Crippen molar-refractivity contribution in [2.75, 3.05) is 45.7 Å². The van der Waals surface area contributed by atoms with Crippen molar-refractivity contribution in [3.8, 4) is 0 Å². The first-order valence-corrected chi connectivity index (χ1v) is 8.85. The summed E-state index contributed by atoms with van der Waals surface area (Å²) in [5.41, 5.74) is -0.413. The van der Waals surface area contributed by atoms with Gasteiger partial charge in [-0.3, -0.25) is 9.79 Å². The van der Waals surface area contributed by atoms with E-state index in [0.29, 0.717) is 11.9 Å². The van der Waals surface area contributed by atoms with Crippen molar-refractivity contribution in [1.82, 2.24) is 10.2 Å². The maximum absolute atomic E-state index is 13.6. The smallest absolute Gasteiger partial charge is 0.243 e. The predicted molar refractivity (Wildman–Crippen MR) is 97.1 cm³/mol. The van der Waals surface area contributed by atoms with Crippen LogP contribution in [0.25, 0.3) is 0 Å². The van der Waals surface area contributed by atoms with Crippen LogP contribution in [0.15, 0.2) is 17.1 Å². The summed E-state index contributed by atoms with van der Waals surface area (Å²) in [4.78, 5) is 18.0. The molecule has 0 aromatic heterocycles. The molecule has 0 bridgehead atoms. The molecule has 0 spiro atoms. The maximum atomic E-state index is 13.6. The lowest BCUT2D eigenvalue weighted by Gasteiger charge is -2.26. The number of ether oxygens (including phenoxy) is 1. The van der Waals surface area contributed by atoms with Crippen LogP contribution in [0.5, 0.6) is 0 Å². The molecule has 0 aliphatic carbocycles. The number of aliphatic imine (C=N–C) groups is 1. The molecule has 1 aliphatic rings. The third kappa shape index (κ3) is 6.13. The average Bonchev–Trinajstić information content (AvgIpc) is 2.68. The van der Waals surface area contributed by atoms with Gasteiger partial charge in [-0.1, -0.05) is 0 Å². The fraction of sp³-hybridized carbons (Fsp3) is 0.556. The van der Waals surface area contributed by atoms with Gasteiger partial charge in [0, 0.05) is 33.9 Å². The first-order valence-electron chi connectivity index (χ1n) is 8.85. The molecule has 0 unspecified atom stereocenters. The van der Waals surface area contributed by atoms with Crippen LogP contribution >= 0.6 is 0 Å². The molecule has 1 heterocycles. The number of amides is 1. The van der Waals surface area contributed by atoms with Crippen LogP contribution in [0.2, 0.25) is 0 Å². The minimum atomic E-state index is -1.62. The number of hydrogen-bond donors (Lipinski definition) is 2. The van der Waals surface area contributed by atoms with E-state index in [2.05, 4.69) is 15.6 Å². The van der Waals surface area contributed by atoms with E-state index in [1.165, 1.54) is 0 Å². The zero-order valence-electron chi connectivity index (χ0n) is 15.5. The number of anilines is 1. The zero-order valence-corrected chi connectivity index (χ0v) is 15.5. The molecule has 1 aliphatic heterocycles. The third-order valence-corrected chi connectivity index (χ3v) is 4.50. The second kappa shape index (κ2) is 10.1. The molecule has 150 valence electrons. The molecule has 27 heavy (non-hydrogen) atoms. The van der Waals surface area contributed by atoms with E-state index in [-0.39, 0.29) is 6.54 Å². The van der Waals surface area contributed by atoms with Crippen molar-refractivity contribution < 1.29 is 22.7 Å². The standard InChI is InChI=1S/C18H25F3N4O2/c1-22-18(25(2)8-5-12-6-9-27-10-7-12)23-11-15(26)24-14-4-3-13(19)16(20)17(14)21/h3-4,12H,5-11H2,1-2H3,(H,22,23)(H,24,26). The average molecular weight is 386 g/mol. The number of carbonyl (C=O) groups excluding carboxylic acids is 1. The van der Waals surface area contributed by atoms with Gasteiger partial charge >= 0.3 is 0 Å². The first-order chi connectivity index (χ1) is 12.9. The number of benzene rings is 1. The van der Waals surface area contributed by atoms with Crippen molar-refractivity contribution in [2.45, 2.75) is 19.3 Å². The highest BCUT2D eigenvalue weighted by Crippen LogP contribution is 2.20. The summed E-state index contributed by atoms with van der Waals surface area (Å²) in [6, 6.07) is 1.73. The van der Waals surface area contributed by atoms with E-state index in [9.17, 15) is 18.0 Å². The summed E-state index contributed by atoms with van der Waals surface area (Å²) < 4.78 is 45.1. The van der Waals surface area contributed by atoms with Gasteiger partial charge in [0.25, 0.3) is 0 Å². The highest BCUT2D eigenvalue weighted by molar-refractivity contribution is 5.95. The van der Waals surface area contributed by atoms with E-state index in [1.54, 1.807) is 7.05 Å². The third-order valence-electron chi connectivity index (χ3n) is 4.50. The van der Waals surface area contributed by atoms with Gasteiger partial charge in [-0.15, -0.1) is 0 Å². The molecule has 9 heteroatoms. The molecule has 1 amide bonds. The van der Waals surface area contributed by atoms with Crippen molar-refractivity contribution in [3.63, 3.8) is 0 Å². The van der Waals surface area contributed by atoms with Gasteiger partial charge in [-0.2, -0.15) is 0 Å². The number of guanidine groups is 1. The quantitative estimate of drug-likeness (QED) is 0.448. The van der Waals surface area contributed by atoms with Crippen LogP contribution in [-0.2, 0) is 9.53 Å². The Morgan fingerprint density at radius 1 is 1.26 bits per heavy atom. The molecule has 1 fully saturated rings. The van der Waals surface area contributed by atoms with Crippen molar-refractivity contribution in [1.29, 1.82) is 0 Å². The molecule has 0 atom stereocenters. The Labute approximate surface area is 156 Å². The SMILES string of the molecule is CN=C(NCC(=O)Nc1ccc(F)c(F)c1F)N(C)CCC1CCOCC1. The lowest BCUT2D eigenvalue weighted by Crippen LogP contribution is -2.43. The number of nitrogens with one attached hydrogen (secondary N) is 2. The molecule has 0 saturated carbocycles. The van der Waals surface area contributed by atoms with Crippen LogP contribution in [0.1, 0.15) is 19.3 Å². The molecule has 1 saturated heterocycles. The summed E-state index contributed by atoms with van der Waals surface area (Å²) >= 11 is 0. The molecule has 2 rings (SSSR count). The van der Waals surface area contributed by atoms with Crippen molar-refractivity contribution >= 4 is 17.6 Å². The second-order valence-corrected chi connectivity index (χ2v) is 6.44. The first kappa shape index (κ1) is 21.0. The highest BCUT2D eigenvalue weighted by Gasteiger charge is 2.17. The van der Waals surface area contributed by atoms with Gasteiger partial charge in [0.2, 0.25) is 5.91 Å². The fourth-order valence-electron chi connectivity index (χ4n) is 2.88. The number of nitrogens with zero attached hydrogens (tertiary/aromatic N) is 2. The molecule has 0 radical (unpaired) electrons. The summed E-state index contributed by atoms with van der Waals surface area (Å²) in [5.74, 6) is -3.83. The largest absolute Gasteiger partial charge is 0.381 e. The highest BCUT2D eigenvalue weighted by atomic mass is 19.2. The van der Waals surface area contributed by atoms with E-state index in [4.69, 9.17) is 4.74 Å². The fourth-order valence-corrected chi connectivity index (χ4v) is 2.88. The second-order valence-electron chi connectivity index (χ2n) is 6.44. The van der Waals surface area contributed by atoms with E-state index >= 15 is 0 Å². The van der Waals surface area contributed by atoms with Crippen molar-refractivity contribution in [3.05, 3.63) is 29.6 Å². The Morgan fingerprint density at radius 3 is 2.63 bits per heavy atom. The molecular formula is C18H25F3N4O2. The number of carbonyl (C=O) groups is 1. The molecule has 1 aromatic rings. The number of halogens is 3. The maximum Gasteiger partial charge on any atom is 0.243 e. The Bertz CT molecular complexity index is 679. The lowest BCUT2D eigenvalue weighted by molar-refractivity contribution is -0.115. The molecule has 6 nitrogen and oxygen atoms in total. The Balaban J connectivity index is 1.80. The van der Waals surface area contributed by atoms with Gasteiger partial charge in [0.1, 0.15) is 0 Å². The van der Waals surface area contributed by atoms with Crippen LogP contribution in [-0.4, -0.2) is 57.2 Å². The van der Waals surface area contributed by atoms with E-state index < -0.39 is 29.0 Å². The minimum Gasteiger partial charge on any atom is -0.381 e. The van der Waals surface area contributed by atoms with Crippen molar-refractivity contribution in [2.24, 2.45) is 10.9 Å². The van der Waals surface area contributed by atoms with Crippen LogP contribution in [0.3, 0.4) is 0 Å². The Kier molecular flexibility index (Phi) is 7.90. The Morgan fingerprint density at radius 2 is 1.96 bits per heavy atom. The van der Waals surface area contributed by atoms with Gasteiger partial charge in [-0.25, -0.2) is 13.2 Å². The molecule has 2 N–H and O–H groups in total. The zero-order chi connectivity index (χ0) is 19.8. The molecule has 1 aromatic carbocycles. The van der Waals surface area contributed by atoms with Crippen LogP contribution in [0.4, 0.5) is 18.9 Å². The topological polar surface area (TPSA) is 66.0 Å². The summed E-state index contributed by atoms with van der Waals surface area (Å²) in [7, 11) is 3.46. The van der Waals surface area contributed by atoms with Gasteiger partial charge in [0.15, 0.2) is 23.4 Å². The van der Waals surface area contributed by atoms with Gasteiger partial charge in [-0.05, 0) is 37.3 Å². The van der Waals surface area contributed by atoms with Crippen LogP contribution < -0.4 is 10.6 Å². The minimum absolute atomic E-state index is 0.188. The Hall–Kier alpha value is -2.29. The van der Waals surface area contributed by atoms with Gasteiger partial charge < -0.3 is 20.3 Å². The normalized spacial score (nSPS) is 15.5. The number of hydrogen-bond acceptors (Lipinski definition) is 3.